The average Bonchev–Trinajstić information content (AvgIpc) is 3.03. The fourth-order valence-corrected chi connectivity index (χ4v) is 3.70. The van der Waals surface area contributed by atoms with Crippen LogP contribution in [0.3, 0.4) is 0 Å². The Balaban J connectivity index is 1.69. The molecule has 2 fully saturated rings. The fraction of sp³-hybridized carbons (Fsp3) is 0.467. The van der Waals surface area contributed by atoms with Crippen LogP contribution in [0.1, 0.15) is 19.6 Å². The van der Waals surface area contributed by atoms with E-state index in [1.54, 1.807) is 18.2 Å². The first-order valence-electron chi connectivity index (χ1n) is 7.31. The zero-order valence-corrected chi connectivity index (χ0v) is 13.4. The van der Waals surface area contributed by atoms with Gasteiger partial charge >= 0.3 is 0 Å². The molecule has 3 heterocycles. The molecule has 22 heavy (non-hydrogen) atoms. The molecule has 6 nitrogen and oxygen atoms in total. The van der Waals surface area contributed by atoms with E-state index in [0.717, 1.165) is 24.9 Å². The summed E-state index contributed by atoms with van der Waals surface area (Å²) >= 11 is 0.964. The van der Waals surface area contributed by atoms with Crippen molar-refractivity contribution in [2.75, 3.05) is 19.8 Å². The summed E-state index contributed by atoms with van der Waals surface area (Å²) in [6.45, 7) is 6.01. The smallest absolute Gasteiger partial charge is 0.298 e. The molecule has 0 unspecified atom stereocenters. The molecule has 1 N–H and O–H groups in total. The SMILES string of the molecule is C[C@@H]1C[NH+](CN2C(=O)S/C(=C/c3ccco3)C2=O)C[C@@H](C)O1. The molecule has 7 heteroatoms. The molecule has 118 valence electrons. The highest BCUT2D eigenvalue weighted by atomic mass is 32.2. The molecule has 2 aliphatic rings. The summed E-state index contributed by atoms with van der Waals surface area (Å²) in [6.07, 6.45) is 3.43. The Hall–Kier alpha value is -1.57. The van der Waals surface area contributed by atoms with Gasteiger partial charge in [-0.3, -0.25) is 9.59 Å². The van der Waals surface area contributed by atoms with E-state index in [-0.39, 0.29) is 23.4 Å². The Bertz CT molecular complexity index is 589. The van der Waals surface area contributed by atoms with Crippen LogP contribution in [0.2, 0.25) is 0 Å². The van der Waals surface area contributed by atoms with Crippen molar-refractivity contribution < 1.29 is 23.6 Å². The summed E-state index contributed by atoms with van der Waals surface area (Å²) in [5.74, 6) is 0.331. The Morgan fingerprint density at radius 1 is 1.36 bits per heavy atom. The van der Waals surface area contributed by atoms with Gasteiger partial charge in [-0.15, -0.1) is 0 Å². The van der Waals surface area contributed by atoms with Gasteiger partial charge in [0.25, 0.3) is 11.1 Å². The number of carbonyl (C=O) groups excluding carboxylic acids is 2. The molecule has 2 atom stereocenters. The van der Waals surface area contributed by atoms with E-state index in [1.807, 2.05) is 13.8 Å². The van der Waals surface area contributed by atoms with Gasteiger partial charge in [-0.2, -0.15) is 0 Å². The van der Waals surface area contributed by atoms with Gasteiger partial charge in [-0.25, -0.2) is 4.90 Å². The number of furan rings is 1. The first kappa shape index (κ1) is 15.3. The molecule has 0 aromatic carbocycles. The Kier molecular flexibility index (Phi) is 4.37. The van der Waals surface area contributed by atoms with E-state index in [4.69, 9.17) is 9.15 Å². The number of quaternary nitrogens is 1. The van der Waals surface area contributed by atoms with Crippen molar-refractivity contribution >= 4 is 29.0 Å². The lowest BCUT2D eigenvalue weighted by Crippen LogP contribution is -3.16. The minimum atomic E-state index is -0.245. The number of thioether (sulfide) groups is 1. The number of hydrogen-bond acceptors (Lipinski definition) is 5. The van der Waals surface area contributed by atoms with Crippen molar-refractivity contribution in [1.82, 2.24) is 4.90 Å². The Morgan fingerprint density at radius 3 is 2.73 bits per heavy atom. The number of nitrogens with one attached hydrogen (secondary N) is 1. The highest BCUT2D eigenvalue weighted by Crippen LogP contribution is 2.31. The average molecular weight is 323 g/mol. The van der Waals surface area contributed by atoms with E-state index < -0.39 is 0 Å². The molecule has 0 saturated carbocycles. The summed E-state index contributed by atoms with van der Waals surface area (Å²) in [5, 5.41) is -0.220. The van der Waals surface area contributed by atoms with Gasteiger partial charge in [0, 0.05) is 6.08 Å². The van der Waals surface area contributed by atoms with Crippen molar-refractivity contribution in [1.29, 1.82) is 0 Å². The summed E-state index contributed by atoms with van der Waals surface area (Å²) in [4.78, 5) is 27.4. The number of rotatable bonds is 3. The third-order valence-corrected chi connectivity index (χ3v) is 4.60. The number of amides is 2. The maximum atomic E-state index is 12.4. The quantitative estimate of drug-likeness (QED) is 0.840. The number of imide groups is 1. The van der Waals surface area contributed by atoms with Crippen LogP contribution in [0.15, 0.2) is 27.7 Å². The van der Waals surface area contributed by atoms with Gasteiger partial charge in [-0.05, 0) is 37.7 Å². The van der Waals surface area contributed by atoms with Crippen LogP contribution in [-0.4, -0.2) is 48.0 Å². The molecule has 0 aliphatic carbocycles. The van der Waals surface area contributed by atoms with Crippen LogP contribution in [0.5, 0.6) is 0 Å². The molecule has 2 amide bonds. The molecule has 0 radical (unpaired) electrons. The van der Waals surface area contributed by atoms with E-state index in [9.17, 15) is 9.59 Å². The third-order valence-electron chi connectivity index (χ3n) is 3.69. The van der Waals surface area contributed by atoms with Gasteiger partial charge in [0.05, 0.1) is 11.2 Å². The maximum Gasteiger partial charge on any atom is 0.298 e. The van der Waals surface area contributed by atoms with E-state index in [1.165, 1.54) is 16.1 Å². The van der Waals surface area contributed by atoms with Gasteiger partial charge in [-0.1, -0.05) is 0 Å². The topological polar surface area (TPSA) is 64.2 Å². The zero-order chi connectivity index (χ0) is 15.7. The third kappa shape index (κ3) is 3.26. The number of nitrogens with zero attached hydrogens (tertiary/aromatic N) is 1. The zero-order valence-electron chi connectivity index (χ0n) is 12.6. The van der Waals surface area contributed by atoms with Crippen LogP contribution in [-0.2, 0) is 9.53 Å². The van der Waals surface area contributed by atoms with Gasteiger partial charge in [0.2, 0.25) is 0 Å². The largest absolute Gasteiger partial charge is 0.465 e. The number of carbonyl (C=O) groups is 2. The van der Waals surface area contributed by atoms with Crippen molar-refractivity contribution in [2.24, 2.45) is 0 Å². The van der Waals surface area contributed by atoms with Crippen LogP contribution in [0.4, 0.5) is 4.79 Å². The van der Waals surface area contributed by atoms with Crippen LogP contribution in [0, 0.1) is 0 Å². The van der Waals surface area contributed by atoms with E-state index in [2.05, 4.69) is 0 Å². The first-order chi connectivity index (χ1) is 10.5. The highest BCUT2D eigenvalue weighted by Gasteiger charge is 2.39. The highest BCUT2D eigenvalue weighted by molar-refractivity contribution is 8.18. The number of ether oxygens (including phenoxy) is 1. The minimum absolute atomic E-state index is 0.136. The number of hydrogen-bond donors (Lipinski definition) is 1. The van der Waals surface area contributed by atoms with Crippen molar-refractivity contribution in [3.63, 3.8) is 0 Å². The Morgan fingerprint density at radius 2 is 2.09 bits per heavy atom. The molecule has 0 bridgehead atoms. The lowest BCUT2D eigenvalue weighted by atomic mass is 10.2. The van der Waals surface area contributed by atoms with Crippen LogP contribution < -0.4 is 4.90 Å². The minimum Gasteiger partial charge on any atom is -0.465 e. The molecule has 1 aromatic rings. The summed E-state index contributed by atoms with van der Waals surface area (Å²) in [7, 11) is 0. The predicted molar refractivity (Wildman–Crippen MR) is 82.1 cm³/mol. The normalized spacial score (nSPS) is 31.3. The second kappa shape index (κ2) is 6.28. The summed E-state index contributed by atoms with van der Waals surface area (Å²) in [5.41, 5.74) is 0. The molecule has 0 spiro atoms. The standard InChI is InChI=1S/C15H18N2O4S/c1-10-7-16(8-11(2)21-10)9-17-14(18)13(22-15(17)19)6-12-4-3-5-20-12/h3-6,10-11H,7-9H2,1-2H3/p+1/b13-6+/t10-,11-/m1/s1. The van der Waals surface area contributed by atoms with E-state index in [0.29, 0.717) is 17.3 Å². The molecule has 2 aliphatic heterocycles. The second-order valence-electron chi connectivity index (χ2n) is 5.70. The van der Waals surface area contributed by atoms with Crippen molar-refractivity contribution in [3.05, 3.63) is 29.1 Å². The molecular weight excluding hydrogens is 304 g/mol. The number of morpholine rings is 1. The maximum absolute atomic E-state index is 12.4. The lowest BCUT2D eigenvalue weighted by molar-refractivity contribution is -0.921. The summed E-state index contributed by atoms with van der Waals surface area (Å²) in [6, 6.07) is 3.50. The van der Waals surface area contributed by atoms with Crippen molar-refractivity contribution in [2.45, 2.75) is 26.1 Å². The first-order valence-corrected chi connectivity index (χ1v) is 8.12. The predicted octanol–water partition coefficient (Wildman–Crippen LogP) is 0.966. The van der Waals surface area contributed by atoms with Crippen LogP contribution >= 0.6 is 11.8 Å². The van der Waals surface area contributed by atoms with Gasteiger partial charge in [0.1, 0.15) is 31.1 Å². The van der Waals surface area contributed by atoms with E-state index >= 15 is 0 Å². The lowest BCUT2D eigenvalue weighted by Gasteiger charge is -2.33. The molecule has 3 rings (SSSR count). The van der Waals surface area contributed by atoms with Crippen molar-refractivity contribution in [3.8, 4) is 0 Å². The monoisotopic (exact) mass is 323 g/mol. The molecular formula is C15H19N2O4S+. The van der Waals surface area contributed by atoms with Crippen LogP contribution in [0.25, 0.3) is 6.08 Å². The van der Waals surface area contributed by atoms with Gasteiger partial charge < -0.3 is 14.1 Å². The summed E-state index contributed by atoms with van der Waals surface area (Å²) < 4.78 is 10.9. The Labute approximate surface area is 133 Å². The molecule has 1 aromatic heterocycles. The molecule has 2 saturated heterocycles. The fourth-order valence-electron chi connectivity index (χ4n) is 2.88. The van der Waals surface area contributed by atoms with Gasteiger partial charge in [0.15, 0.2) is 6.67 Å². The second-order valence-corrected chi connectivity index (χ2v) is 6.69.